The summed E-state index contributed by atoms with van der Waals surface area (Å²) in [6.07, 6.45) is 0. The number of benzene rings is 3. The molecular formula is C26H21N3O2S. The van der Waals surface area contributed by atoms with Gasteiger partial charge < -0.3 is 5.32 Å². The molecule has 1 aromatic heterocycles. The maximum Gasteiger partial charge on any atom is 0.234 e. The third-order valence-electron chi connectivity index (χ3n) is 4.85. The molecule has 4 aromatic rings. The summed E-state index contributed by atoms with van der Waals surface area (Å²) in [5.74, 6) is 0.0643. The van der Waals surface area contributed by atoms with Gasteiger partial charge in [0.15, 0.2) is 5.78 Å². The molecule has 0 spiro atoms. The first-order valence-electron chi connectivity index (χ1n) is 10.1. The van der Waals surface area contributed by atoms with Crippen LogP contribution >= 0.6 is 11.8 Å². The smallest absolute Gasteiger partial charge is 0.234 e. The van der Waals surface area contributed by atoms with Crippen LogP contribution in [0.25, 0.3) is 22.4 Å². The van der Waals surface area contributed by atoms with E-state index in [-0.39, 0.29) is 17.4 Å². The first kappa shape index (κ1) is 21.5. The molecule has 0 aliphatic heterocycles. The van der Waals surface area contributed by atoms with E-state index in [4.69, 9.17) is 0 Å². The van der Waals surface area contributed by atoms with Crippen molar-refractivity contribution in [2.45, 2.75) is 11.9 Å². The molecule has 1 N–H and O–H groups in total. The SMILES string of the molecule is CC(=O)c1ccc(NC(=O)CSc2ccc(-c3ccc(-c4ccccc4)cc3)nn2)cc1. The number of rotatable bonds is 7. The van der Waals surface area contributed by atoms with Gasteiger partial charge >= 0.3 is 0 Å². The minimum atomic E-state index is -0.145. The van der Waals surface area contributed by atoms with Crippen molar-refractivity contribution in [1.29, 1.82) is 0 Å². The van der Waals surface area contributed by atoms with Crippen molar-refractivity contribution < 1.29 is 9.59 Å². The van der Waals surface area contributed by atoms with Gasteiger partial charge in [0.2, 0.25) is 5.91 Å². The van der Waals surface area contributed by atoms with Gasteiger partial charge in [-0.15, -0.1) is 10.2 Å². The number of carbonyl (C=O) groups is 2. The average molecular weight is 440 g/mol. The van der Waals surface area contributed by atoms with Crippen molar-refractivity contribution in [2.75, 3.05) is 11.1 Å². The number of hydrogen-bond donors (Lipinski definition) is 1. The van der Waals surface area contributed by atoms with Gasteiger partial charge in [0.05, 0.1) is 11.4 Å². The second kappa shape index (κ2) is 10.0. The van der Waals surface area contributed by atoms with Crippen LogP contribution in [0.4, 0.5) is 5.69 Å². The monoisotopic (exact) mass is 439 g/mol. The lowest BCUT2D eigenvalue weighted by atomic mass is 10.0. The lowest BCUT2D eigenvalue weighted by Gasteiger charge is -2.06. The second-order valence-electron chi connectivity index (χ2n) is 7.17. The molecule has 32 heavy (non-hydrogen) atoms. The number of nitrogens with one attached hydrogen (secondary N) is 1. The Bertz CT molecular complexity index is 1210. The highest BCUT2D eigenvalue weighted by atomic mass is 32.2. The summed E-state index contributed by atoms with van der Waals surface area (Å²) in [6.45, 7) is 1.51. The zero-order valence-electron chi connectivity index (χ0n) is 17.5. The van der Waals surface area contributed by atoms with Crippen LogP contribution in [0.2, 0.25) is 0 Å². The van der Waals surface area contributed by atoms with E-state index in [0.717, 1.165) is 16.8 Å². The van der Waals surface area contributed by atoms with E-state index in [1.165, 1.54) is 24.2 Å². The summed E-state index contributed by atoms with van der Waals surface area (Å²) in [7, 11) is 0. The van der Waals surface area contributed by atoms with Gasteiger partial charge in [-0.2, -0.15) is 0 Å². The third kappa shape index (κ3) is 5.47. The molecule has 1 heterocycles. The fraction of sp³-hybridized carbons (Fsp3) is 0.0769. The summed E-state index contributed by atoms with van der Waals surface area (Å²) >= 11 is 1.32. The van der Waals surface area contributed by atoms with Crippen molar-refractivity contribution in [3.8, 4) is 22.4 Å². The molecule has 0 saturated heterocycles. The molecule has 0 aliphatic carbocycles. The van der Waals surface area contributed by atoms with E-state index in [2.05, 4.69) is 39.8 Å². The molecule has 3 aromatic carbocycles. The van der Waals surface area contributed by atoms with Crippen molar-refractivity contribution in [2.24, 2.45) is 0 Å². The van der Waals surface area contributed by atoms with Crippen LogP contribution in [0.15, 0.2) is 96.0 Å². The zero-order valence-corrected chi connectivity index (χ0v) is 18.3. The van der Waals surface area contributed by atoms with E-state index in [0.29, 0.717) is 16.3 Å². The fourth-order valence-electron chi connectivity index (χ4n) is 3.14. The van der Waals surface area contributed by atoms with E-state index >= 15 is 0 Å². The molecule has 0 aliphatic rings. The summed E-state index contributed by atoms with van der Waals surface area (Å²) in [5.41, 5.74) is 5.36. The Morgan fingerprint density at radius 3 is 2.03 bits per heavy atom. The van der Waals surface area contributed by atoms with E-state index in [1.54, 1.807) is 24.3 Å². The lowest BCUT2D eigenvalue weighted by Crippen LogP contribution is -2.14. The summed E-state index contributed by atoms with van der Waals surface area (Å²) in [5, 5.41) is 12.0. The number of aromatic nitrogens is 2. The Hall–Kier alpha value is -3.77. The van der Waals surface area contributed by atoms with E-state index in [1.807, 2.05) is 42.5 Å². The van der Waals surface area contributed by atoms with Crippen molar-refractivity contribution >= 4 is 29.1 Å². The third-order valence-corrected chi connectivity index (χ3v) is 5.77. The van der Waals surface area contributed by atoms with E-state index in [9.17, 15) is 9.59 Å². The van der Waals surface area contributed by atoms with Crippen molar-refractivity contribution in [1.82, 2.24) is 10.2 Å². The van der Waals surface area contributed by atoms with Crippen LogP contribution in [0.1, 0.15) is 17.3 Å². The highest BCUT2D eigenvalue weighted by Gasteiger charge is 2.07. The van der Waals surface area contributed by atoms with Crippen LogP contribution < -0.4 is 5.32 Å². The van der Waals surface area contributed by atoms with Gasteiger partial charge in [0.25, 0.3) is 0 Å². The molecule has 1 amide bonds. The highest BCUT2D eigenvalue weighted by molar-refractivity contribution is 7.99. The number of hydrogen-bond acceptors (Lipinski definition) is 5. The van der Waals surface area contributed by atoms with Gasteiger partial charge in [0, 0.05) is 16.8 Å². The Morgan fingerprint density at radius 2 is 1.41 bits per heavy atom. The molecule has 0 radical (unpaired) electrons. The van der Waals surface area contributed by atoms with Crippen LogP contribution in [0, 0.1) is 0 Å². The first-order chi connectivity index (χ1) is 15.6. The highest BCUT2D eigenvalue weighted by Crippen LogP contribution is 2.24. The number of carbonyl (C=O) groups excluding carboxylic acids is 2. The van der Waals surface area contributed by atoms with Gasteiger partial charge in [-0.1, -0.05) is 66.4 Å². The largest absolute Gasteiger partial charge is 0.325 e. The zero-order chi connectivity index (χ0) is 22.3. The number of amides is 1. The minimum Gasteiger partial charge on any atom is -0.325 e. The molecule has 5 nitrogen and oxygen atoms in total. The summed E-state index contributed by atoms with van der Waals surface area (Å²) in [6, 6.07) is 29.0. The average Bonchev–Trinajstić information content (AvgIpc) is 2.84. The quantitative estimate of drug-likeness (QED) is 0.293. The van der Waals surface area contributed by atoms with Crippen molar-refractivity contribution in [3.05, 3.63) is 96.6 Å². The van der Waals surface area contributed by atoms with Crippen LogP contribution in [0.3, 0.4) is 0 Å². The van der Waals surface area contributed by atoms with Gasteiger partial charge in [-0.25, -0.2) is 0 Å². The second-order valence-corrected chi connectivity index (χ2v) is 8.17. The lowest BCUT2D eigenvalue weighted by molar-refractivity contribution is -0.113. The minimum absolute atomic E-state index is 0.00686. The Balaban J connectivity index is 1.32. The fourth-order valence-corrected chi connectivity index (χ4v) is 3.75. The molecule has 4 rings (SSSR count). The molecule has 6 heteroatoms. The van der Waals surface area contributed by atoms with E-state index < -0.39 is 0 Å². The molecular weight excluding hydrogens is 418 g/mol. The van der Waals surface area contributed by atoms with Gasteiger partial charge in [0.1, 0.15) is 5.03 Å². The number of ketones is 1. The first-order valence-corrected chi connectivity index (χ1v) is 11.1. The Labute approximate surface area is 190 Å². The van der Waals surface area contributed by atoms with Crippen LogP contribution in [-0.4, -0.2) is 27.6 Å². The van der Waals surface area contributed by atoms with Crippen molar-refractivity contribution in [3.63, 3.8) is 0 Å². The Kier molecular flexibility index (Phi) is 6.72. The van der Waals surface area contributed by atoms with Gasteiger partial charge in [-0.05, 0) is 54.4 Å². The topological polar surface area (TPSA) is 72.0 Å². The molecule has 0 unspecified atom stereocenters. The summed E-state index contributed by atoms with van der Waals surface area (Å²) < 4.78 is 0. The van der Waals surface area contributed by atoms with Crippen LogP contribution in [-0.2, 0) is 4.79 Å². The molecule has 0 saturated carbocycles. The molecule has 0 bridgehead atoms. The maximum atomic E-state index is 12.2. The Morgan fingerprint density at radius 1 is 0.750 bits per heavy atom. The number of thioether (sulfide) groups is 1. The predicted molar refractivity (Wildman–Crippen MR) is 129 cm³/mol. The van der Waals surface area contributed by atoms with Gasteiger partial charge in [-0.3, -0.25) is 9.59 Å². The molecule has 0 atom stereocenters. The number of nitrogens with zero attached hydrogens (tertiary/aromatic N) is 2. The standard InChI is InChI=1S/C26H21N3O2S/c1-18(30)19-11-13-23(14-12-19)27-25(31)17-32-26-16-15-24(28-29-26)22-9-7-21(8-10-22)20-5-3-2-4-6-20/h2-16H,17H2,1H3,(H,27,31). The predicted octanol–water partition coefficient (Wildman–Crippen LogP) is 5.74. The van der Waals surface area contributed by atoms with Crippen LogP contribution in [0.5, 0.6) is 0 Å². The molecule has 158 valence electrons. The number of Topliss-reactive ketones (excluding diaryl/α,β-unsaturated/α-hetero) is 1. The normalized spacial score (nSPS) is 10.5. The maximum absolute atomic E-state index is 12.2. The summed E-state index contributed by atoms with van der Waals surface area (Å²) in [4.78, 5) is 23.5. The molecule has 0 fully saturated rings. The number of anilines is 1.